The van der Waals surface area contributed by atoms with Gasteiger partial charge in [0.25, 0.3) is 17.7 Å². The highest BCUT2D eigenvalue weighted by Crippen LogP contribution is 2.12. The lowest BCUT2D eigenvalue weighted by molar-refractivity contribution is 0.0515. The Morgan fingerprint density at radius 1 is 0.417 bits per heavy atom. The molecule has 0 radical (unpaired) electrons. The highest BCUT2D eigenvalue weighted by molar-refractivity contribution is 6.04. The van der Waals surface area contributed by atoms with Gasteiger partial charge in [-0.15, -0.1) is 0 Å². The topological polar surface area (TPSA) is 202 Å². The van der Waals surface area contributed by atoms with Crippen molar-refractivity contribution >= 4 is 36.0 Å². The fourth-order valence-corrected chi connectivity index (χ4v) is 3.71. The lowest BCUT2D eigenvalue weighted by atomic mass is 10.0. The summed E-state index contributed by atoms with van der Waals surface area (Å²) < 4.78 is 15.5. The Morgan fingerprint density at radius 3 is 0.833 bits per heavy atom. The Kier molecular flexibility index (Phi) is 16.7. The lowest BCUT2D eigenvalue weighted by Gasteiger charge is -2.19. The number of amides is 6. The molecule has 0 atom stereocenters. The van der Waals surface area contributed by atoms with Crippen LogP contribution in [0.4, 0.5) is 14.4 Å². The van der Waals surface area contributed by atoms with E-state index in [1.54, 1.807) is 62.3 Å². The quantitative estimate of drug-likeness (QED) is 0.118. The Labute approximate surface area is 283 Å². The zero-order valence-electron chi connectivity index (χ0n) is 29.8. The molecule has 0 bridgehead atoms. The molecule has 0 aliphatic rings. The van der Waals surface area contributed by atoms with Crippen molar-refractivity contribution in [2.75, 3.05) is 39.3 Å². The summed E-state index contributed by atoms with van der Waals surface area (Å²) >= 11 is 0. The summed E-state index contributed by atoms with van der Waals surface area (Å²) in [5, 5.41) is 16.0. The van der Waals surface area contributed by atoms with Crippen molar-refractivity contribution in [2.24, 2.45) is 0 Å². The zero-order valence-corrected chi connectivity index (χ0v) is 29.8. The zero-order chi connectivity index (χ0) is 36.5. The van der Waals surface area contributed by atoms with Crippen molar-refractivity contribution < 1.29 is 43.0 Å². The average molecular weight is 679 g/mol. The Balaban J connectivity index is 2.83. The average Bonchev–Trinajstić information content (AvgIpc) is 2.93. The minimum Gasteiger partial charge on any atom is -0.444 e. The maximum atomic E-state index is 13.0. The molecule has 6 N–H and O–H groups in total. The van der Waals surface area contributed by atoms with Gasteiger partial charge in [-0.25, -0.2) is 14.4 Å². The number of alkyl carbamates (subject to hydrolysis) is 3. The van der Waals surface area contributed by atoms with Crippen molar-refractivity contribution in [3.8, 4) is 0 Å². The monoisotopic (exact) mass is 678 g/mol. The molecule has 0 heterocycles. The SMILES string of the molecule is CC(C)(C)OC(=O)NCCCNC(=O)c1cc(C(=O)NCCCNC(=O)OC(C)(C)C)cc(C(=O)NCCCNC(=O)OC(C)(C)C)c1. The molecule has 6 amide bonds. The Morgan fingerprint density at radius 2 is 0.625 bits per heavy atom. The van der Waals surface area contributed by atoms with Crippen molar-refractivity contribution in [3.63, 3.8) is 0 Å². The maximum absolute atomic E-state index is 13.0. The molecule has 0 spiro atoms. The molecule has 48 heavy (non-hydrogen) atoms. The van der Waals surface area contributed by atoms with Gasteiger partial charge in [-0.1, -0.05) is 0 Å². The summed E-state index contributed by atoms with van der Waals surface area (Å²) in [6, 6.07) is 4.14. The van der Waals surface area contributed by atoms with Gasteiger partial charge in [0.2, 0.25) is 0 Å². The van der Waals surface area contributed by atoms with Crippen LogP contribution in [0.25, 0.3) is 0 Å². The number of ether oxygens (including phenoxy) is 3. The summed E-state index contributed by atoms with van der Waals surface area (Å²) in [6.07, 6.45) is -0.466. The van der Waals surface area contributed by atoms with Crippen LogP contribution >= 0.6 is 0 Å². The minimum absolute atomic E-state index is 0.0890. The number of benzene rings is 1. The predicted molar refractivity (Wildman–Crippen MR) is 180 cm³/mol. The van der Waals surface area contributed by atoms with Crippen molar-refractivity contribution in [2.45, 2.75) is 98.4 Å². The second-order valence-corrected chi connectivity index (χ2v) is 13.9. The third kappa shape index (κ3) is 19.8. The summed E-state index contributed by atoms with van der Waals surface area (Å²) in [5.41, 5.74) is -1.63. The Hall–Kier alpha value is -4.56. The second kappa shape index (κ2) is 19.3. The van der Waals surface area contributed by atoms with Gasteiger partial charge in [-0.2, -0.15) is 0 Å². The van der Waals surface area contributed by atoms with Gasteiger partial charge in [0.15, 0.2) is 0 Å². The number of carbonyl (C=O) groups is 6. The molecule has 0 fully saturated rings. The molecule has 0 aromatic heterocycles. The highest BCUT2D eigenvalue weighted by atomic mass is 16.6. The molecule has 0 aliphatic carbocycles. The largest absolute Gasteiger partial charge is 0.444 e. The van der Waals surface area contributed by atoms with Gasteiger partial charge >= 0.3 is 18.3 Å². The number of nitrogens with one attached hydrogen (secondary N) is 6. The van der Waals surface area contributed by atoms with Crippen LogP contribution in [0, 0.1) is 0 Å². The number of carbonyl (C=O) groups excluding carboxylic acids is 6. The smallest absolute Gasteiger partial charge is 0.407 e. The van der Waals surface area contributed by atoms with Crippen LogP contribution < -0.4 is 31.9 Å². The molecule has 0 aliphatic heterocycles. The van der Waals surface area contributed by atoms with E-state index in [4.69, 9.17) is 14.2 Å². The standard InChI is InChI=1S/C33H54N6O9/c1-31(2,3)46-28(43)37-16-10-13-34-25(40)22-19-23(26(41)35-14-11-17-38-29(44)47-32(4,5)6)21-24(20-22)27(42)36-15-12-18-39-30(45)48-33(7,8)9/h19-21H,10-18H2,1-9H3,(H,34,40)(H,35,41)(H,36,42)(H,37,43)(H,38,44)(H,39,45). The van der Waals surface area contributed by atoms with Crippen LogP contribution in [-0.2, 0) is 14.2 Å². The second-order valence-electron chi connectivity index (χ2n) is 13.9. The van der Waals surface area contributed by atoms with E-state index in [2.05, 4.69) is 31.9 Å². The molecule has 270 valence electrons. The normalized spacial score (nSPS) is 11.4. The number of rotatable bonds is 15. The van der Waals surface area contributed by atoms with E-state index in [9.17, 15) is 28.8 Å². The van der Waals surface area contributed by atoms with Crippen LogP contribution in [-0.4, -0.2) is 92.1 Å². The Bertz CT molecular complexity index is 1100. The van der Waals surface area contributed by atoms with Crippen LogP contribution in [0.3, 0.4) is 0 Å². The summed E-state index contributed by atoms with van der Waals surface area (Å²) in [6.45, 7) is 17.2. The maximum Gasteiger partial charge on any atom is 0.407 e. The first-order valence-electron chi connectivity index (χ1n) is 16.1. The van der Waals surface area contributed by atoms with Gasteiger partial charge in [0, 0.05) is 56.0 Å². The molecule has 1 aromatic carbocycles. The van der Waals surface area contributed by atoms with Crippen LogP contribution in [0.15, 0.2) is 18.2 Å². The highest BCUT2D eigenvalue weighted by Gasteiger charge is 2.19. The molecular formula is C33H54N6O9. The van der Waals surface area contributed by atoms with Gasteiger partial charge in [0.1, 0.15) is 16.8 Å². The molecule has 15 nitrogen and oxygen atoms in total. The van der Waals surface area contributed by atoms with Crippen molar-refractivity contribution in [1.29, 1.82) is 0 Å². The van der Waals surface area contributed by atoms with E-state index in [1.165, 1.54) is 18.2 Å². The fraction of sp³-hybridized carbons (Fsp3) is 0.636. The minimum atomic E-state index is -0.631. The van der Waals surface area contributed by atoms with E-state index in [1.807, 2.05) is 0 Å². The fourth-order valence-electron chi connectivity index (χ4n) is 3.71. The molecule has 0 saturated carbocycles. The van der Waals surface area contributed by atoms with Gasteiger partial charge in [0.05, 0.1) is 0 Å². The third-order valence-corrected chi connectivity index (χ3v) is 5.64. The molecule has 1 rings (SSSR count). The summed E-state index contributed by atoms with van der Waals surface area (Å²) in [7, 11) is 0. The molecule has 15 heteroatoms. The first-order valence-corrected chi connectivity index (χ1v) is 16.1. The molecular weight excluding hydrogens is 624 g/mol. The third-order valence-electron chi connectivity index (χ3n) is 5.64. The number of hydrogen-bond donors (Lipinski definition) is 6. The summed E-state index contributed by atoms with van der Waals surface area (Å²) in [4.78, 5) is 74.5. The van der Waals surface area contributed by atoms with Gasteiger partial charge < -0.3 is 46.1 Å². The van der Waals surface area contributed by atoms with Crippen molar-refractivity contribution in [1.82, 2.24) is 31.9 Å². The summed E-state index contributed by atoms with van der Waals surface area (Å²) in [5.74, 6) is -1.54. The van der Waals surface area contributed by atoms with E-state index in [0.717, 1.165) is 0 Å². The first-order chi connectivity index (χ1) is 22.1. The predicted octanol–water partition coefficient (Wildman–Crippen LogP) is 3.62. The van der Waals surface area contributed by atoms with Gasteiger partial charge in [-0.3, -0.25) is 14.4 Å². The van der Waals surface area contributed by atoms with E-state index in [-0.39, 0.29) is 56.0 Å². The van der Waals surface area contributed by atoms with Crippen LogP contribution in [0.2, 0.25) is 0 Å². The van der Waals surface area contributed by atoms with Crippen LogP contribution in [0.1, 0.15) is 113 Å². The number of hydrogen-bond acceptors (Lipinski definition) is 9. The van der Waals surface area contributed by atoms with E-state index in [0.29, 0.717) is 19.3 Å². The molecule has 1 aromatic rings. The van der Waals surface area contributed by atoms with E-state index >= 15 is 0 Å². The van der Waals surface area contributed by atoms with Gasteiger partial charge in [-0.05, 0) is 99.8 Å². The lowest BCUT2D eigenvalue weighted by Crippen LogP contribution is -2.35. The molecule has 0 unspecified atom stereocenters. The first kappa shape index (κ1) is 41.5. The van der Waals surface area contributed by atoms with Crippen LogP contribution in [0.5, 0.6) is 0 Å². The van der Waals surface area contributed by atoms with Crippen molar-refractivity contribution in [3.05, 3.63) is 34.9 Å². The molecule has 0 saturated heterocycles. The van der Waals surface area contributed by atoms with E-state index < -0.39 is 52.8 Å².